The van der Waals surface area contributed by atoms with Crippen LogP contribution < -0.4 is 5.73 Å². The number of hydrogen-bond acceptors (Lipinski definition) is 3. The van der Waals surface area contributed by atoms with Crippen molar-refractivity contribution in [1.82, 2.24) is 4.98 Å². The quantitative estimate of drug-likeness (QED) is 0.813. The first-order chi connectivity index (χ1) is 6.77. The molecule has 0 saturated heterocycles. The molecule has 0 saturated carbocycles. The van der Waals surface area contributed by atoms with Crippen LogP contribution in [0.3, 0.4) is 0 Å². The average molecular weight is 203 g/mol. The summed E-state index contributed by atoms with van der Waals surface area (Å²) < 4.78 is 0. The van der Waals surface area contributed by atoms with Crippen molar-refractivity contribution in [1.29, 1.82) is 0 Å². The SMILES string of the molecule is Cc1ccc(C(N)c2cs[c]n2)cc1. The highest BCUT2D eigenvalue weighted by molar-refractivity contribution is 7.07. The zero-order valence-corrected chi connectivity index (χ0v) is 8.71. The van der Waals surface area contributed by atoms with E-state index in [0.717, 1.165) is 11.3 Å². The molecule has 0 fully saturated rings. The van der Waals surface area contributed by atoms with E-state index in [9.17, 15) is 0 Å². The first-order valence-electron chi connectivity index (χ1n) is 4.41. The highest BCUT2D eigenvalue weighted by atomic mass is 32.1. The third kappa shape index (κ3) is 1.84. The van der Waals surface area contributed by atoms with Crippen molar-refractivity contribution in [2.75, 3.05) is 0 Å². The van der Waals surface area contributed by atoms with Crippen LogP contribution in [-0.4, -0.2) is 4.98 Å². The van der Waals surface area contributed by atoms with Gasteiger partial charge in [0.2, 0.25) is 0 Å². The molecular weight excluding hydrogens is 192 g/mol. The fraction of sp³-hybridized carbons (Fsp3) is 0.182. The van der Waals surface area contributed by atoms with Crippen molar-refractivity contribution >= 4 is 11.3 Å². The molecule has 1 radical (unpaired) electrons. The van der Waals surface area contributed by atoms with Crippen LogP contribution in [0.15, 0.2) is 29.6 Å². The van der Waals surface area contributed by atoms with Crippen molar-refractivity contribution in [2.24, 2.45) is 5.73 Å². The molecule has 3 heteroatoms. The molecule has 0 aliphatic rings. The van der Waals surface area contributed by atoms with Gasteiger partial charge in [0.05, 0.1) is 11.7 Å². The molecule has 1 aromatic heterocycles. The van der Waals surface area contributed by atoms with Gasteiger partial charge in [0, 0.05) is 5.38 Å². The number of nitrogens with zero attached hydrogens (tertiary/aromatic N) is 1. The monoisotopic (exact) mass is 203 g/mol. The van der Waals surface area contributed by atoms with Crippen LogP contribution in [0.5, 0.6) is 0 Å². The molecule has 2 nitrogen and oxygen atoms in total. The van der Waals surface area contributed by atoms with Gasteiger partial charge in [-0.15, -0.1) is 11.3 Å². The Morgan fingerprint density at radius 1 is 1.36 bits per heavy atom. The molecule has 0 spiro atoms. The maximum atomic E-state index is 6.03. The minimum Gasteiger partial charge on any atom is -0.319 e. The fourth-order valence-electron chi connectivity index (χ4n) is 1.28. The van der Waals surface area contributed by atoms with Crippen LogP contribution in [0.2, 0.25) is 0 Å². The molecule has 71 valence electrons. The summed E-state index contributed by atoms with van der Waals surface area (Å²) in [6, 6.07) is 8.08. The van der Waals surface area contributed by atoms with Crippen LogP contribution in [0.25, 0.3) is 0 Å². The highest BCUT2D eigenvalue weighted by Gasteiger charge is 2.09. The van der Waals surface area contributed by atoms with E-state index in [0.29, 0.717) is 0 Å². The Morgan fingerprint density at radius 3 is 2.64 bits per heavy atom. The number of rotatable bonds is 2. The van der Waals surface area contributed by atoms with Gasteiger partial charge in [-0.1, -0.05) is 29.8 Å². The molecule has 0 aliphatic carbocycles. The summed E-state index contributed by atoms with van der Waals surface area (Å²) in [5, 5.41) is 1.94. The Bertz CT molecular complexity index is 392. The van der Waals surface area contributed by atoms with Gasteiger partial charge in [-0.05, 0) is 12.5 Å². The Balaban J connectivity index is 2.28. The lowest BCUT2D eigenvalue weighted by molar-refractivity contribution is 0.837. The van der Waals surface area contributed by atoms with E-state index in [-0.39, 0.29) is 6.04 Å². The highest BCUT2D eigenvalue weighted by Crippen LogP contribution is 2.19. The molecule has 2 N–H and O–H groups in total. The molecular formula is C11H11N2S. The Hall–Kier alpha value is -1.19. The fourth-order valence-corrected chi connectivity index (χ4v) is 1.81. The molecule has 14 heavy (non-hydrogen) atoms. The van der Waals surface area contributed by atoms with Crippen molar-refractivity contribution in [3.63, 3.8) is 0 Å². The first kappa shape index (κ1) is 9.37. The standard InChI is InChI=1S/C11H11N2S/c1-8-2-4-9(5-3-8)11(12)10-6-14-7-13-10/h2-6,11H,12H2,1H3. The third-order valence-corrected chi connectivity index (χ3v) is 2.72. The van der Waals surface area contributed by atoms with Crippen molar-refractivity contribution < 1.29 is 0 Å². The minimum absolute atomic E-state index is 0.127. The molecule has 0 aliphatic heterocycles. The van der Waals surface area contributed by atoms with E-state index in [1.54, 1.807) is 0 Å². The van der Waals surface area contributed by atoms with Gasteiger partial charge in [-0.25, -0.2) is 4.98 Å². The number of hydrogen-bond donors (Lipinski definition) is 1. The summed E-state index contributed by atoms with van der Waals surface area (Å²) in [6.07, 6.45) is 0. The summed E-state index contributed by atoms with van der Waals surface area (Å²) in [5.74, 6) is 0. The second-order valence-electron chi connectivity index (χ2n) is 3.25. The maximum Gasteiger partial charge on any atom is 0.152 e. The summed E-state index contributed by atoms with van der Waals surface area (Å²) in [4.78, 5) is 4.08. The topological polar surface area (TPSA) is 38.9 Å². The van der Waals surface area contributed by atoms with Gasteiger partial charge >= 0.3 is 0 Å². The second kappa shape index (κ2) is 3.90. The predicted octanol–water partition coefficient (Wildman–Crippen LogP) is 2.30. The number of benzene rings is 1. The molecule has 1 atom stereocenters. The summed E-state index contributed by atoms with van der Waals surface area (Å²) >= 11 is 1.45. The van der Waals surface area contributed by atoms with Crippen LogP contribution in [0.4, 0.5) is 0 Å². The van der Waals surface area contributed by atoms with E-state index < -0.39 is 0 Å². The molecule has 2 aromatic rings. The van der Waals surface area contributed by atoms with Gasteiger partial charge < -0.3 is 5.73 Å². The number of aryl methyl sites for hydroxylation is 1. The lowest BCUT2D eigenvalue weighted by Gasteiger charge is -2.08. The summed E-state index contributed by atoms with van der Waals surface area (Å²) in [5.41, 5.74) is 12.1. The number of nitrogens with two attached hydrogens (primary N) is 1. The van der Waals surface area contributed by atoms with Crippen molar-refractivity contribution in [3.05, 3.63) is 52.0 Å². The number of aromatic nitrogens is 1. The smallest absolute Gasteiger partial charge is 0.152 e. The van der Waals surface area contributed by atoms with Crippen molar-refractivity contribution in [3.8, 4) is 0 Å². The average Bonchev–Trinajstić information content (AvgIpc) is 2.71. The molecule has 0 bridgehead atoms. The predicted molar refractivity (Wildman–Crippen MR) is 58.2 cm³/mol. The van der Waals surface area contributed by atoms with E-state index in [1.165, 1.54) is 16.9 Å². The minimum atomic E-state index is -0.127. The molecule has 0 amide bonds. The van der Waals surface area contributed by atoms with Crippen LogP contribution in [0, 0.1) is 12.4 Å². The van der Waals surface area contributed by atoms with E-state index >= 15 is 0 Å². The van der Waals surface area contributed by atoms with Gasteiger partial charge in [-0.3, -0.25) is 0 Å². The molecule has 1 unspecified atom stereocenters. The normalized spacial score (nSPS) is 12.7. The summed E-state index contributed by atoms with van der Waals surface area (Å²) in [6.45, 7) is 2.06. The van der Waals surface area contributed by atoms with Crippen LogP contribution in [0.1, 0.15) is 22.9 Å². The second-order valence-corrected chi connectivity index (χ2v) is 3.91. The van der Waals surface area contributed by atoms with Gasteiger partial charge in [0.25, 0.3) is 0 Å². The van der Waals surface area contributed by atoms with E-state index in [4.69, 9.17) is 5.73 Å². The summed E-state index contributed by atoms with van der Waals surface area (Å²) in [7, 11) is 0. The van der Waals surface area contributed by atoms with Gasteiger partial charge in [0.1, 0.15) is 0 Å². The van der Waals surface area contributed by atoms with Crippen LogP contribution >= 0.6 is 11.3 Å². The zero-order chi connectivity index (χ0) is 9.97. The van der Waals surface area contributed by atoms with Gasteiger partial charge in [0.15, 0.2) is 5.51 Å². The zero-order valence-electron chi connectivity index (χ0n) is 7.90. The molecule has 2 rings (SSSR count). The number of thiazole rings is 1. The first-order valence-corrected chi connectivity index (χ1v) is 5.29. The Kier molecular flexibility index (Phi) is 2.61. The molecule has 1 aromatic carbocycles. The van der Waals surface area contributed by atoms with Crippen molar-refractivity contribution in [2.45, 2.75) is 13.0 Å². The Labute approximate surface area is 87.4 Å². The molecule has 1 heterocycles. The van der Waals surface area contributed by atoms with E-state index in [2.05, 4.69) is 29.6 Å². The van der Waals surface area contributed by atoms with Gasteiger partial charge in [-0.2, -0.15) is 0 Å². The van der Waals surface area contributed by atoms with Crippen LogP contribution in [-0.2, 0) is 0 Å². The lowest BCUT2D eigenvalue weighted by Crippen LogP contribution is -2.11. The van der Waals surface area contributed by atoms with E-state index in [1.807, 2.05) is 17.5 Å². The maximum absolute atomic E-state index is 6.03. The lowest BCUT2D eigenvalue weighted by atomic mass is 10.0. The largest absolute Gasteiger partial charge is 0.319 e. The Morgan fingerprint density at radius 2 is 2.07 bits per heavy atom. The third-order valence-electron chi connectivity index (χ3n) is 2.16.